The fraction of sp³-hybridized carbons (Fsp3) is 0.250. The summed E-state index contributed by atoms with van der Waals surface area (Å²) in [7, 11) is 0. The minimum Gasteiger partial charge on any atom is -0.337 e. The van der Waals surface area contributed by atoms with Gasteiger partial charge < -0.3 is 14.7 Å². The summed E-state index contributed by atoms with van der Waals surface area (Å²) in [6.45, 7) is 1.97. The number of fused-ring (bicyclic) bond motifs is 1. The van der Waals surface area contributed by atoms with E-state index in [1.165, 1.54) is 0 Å². The van der Waals surface area contributed by atoms with Crippen LogP contribution in [0.1, 0.15) is 25.3 Å². The van der Waals surface area contributed by atoms with Crippen molar-refractivity contribution in [1.82, 2.24) is 19.5 Å². The summed E-state index contributed by atoms with van der Waals surface area (Å²) >= 11 is 0. The van der Waals surface area contributed by atoms with Gasteiger partial charge in [-0.05, 0) is 18.6 Å². The average Bonchev–Trinajstić information content (AvgIpc) is 3.03. The highest BCUT2D eigenvalue weighted by Gasteiger charge is 2.15. The van der Waals surface area contributed by atoms with Crippen LogP contribution in [0.4, 0.5) is 0 Å². The maximum Gasteiger partial charge on any atom is 0.243 e. The van der Waals surface area contributed by atoms with Crippen molar-refractivity contribution in [3.05, 3.63) is 36.5 Å². The zero-order valence-electron chi connectivity index (χ0n) is 9.95. The third kappa shape index (κ3) is 1.76. The van der Waals surface area contributed by atoms with Gasteiger partial charge in [-0.1, -0.05) is 18.1 Å². The first-order chi connectivity index (χ1) is 8.78. The number of hydrogen-bond acceptors (Lipinski definition) is 5. The Bertz CT molecular complexity index is 639. The van der Waals surface area contributed by atoms with Crippen molar-refractivity contribution in [3.63, 3.8) is 0 Å². The number of aromatic nitrogens is 4. The van der Waals surface area contributed by atoms with Crippen LogP contribution in [0.5, 0.6) is 0 Å². The fourth-order valence-electron chi connectivity index (χ4n) is 1.71. The number of pyridine rings is 1. The lowest BCUT2D eigenvalue weighted by Crippen LogP contribution is -2.08. The van der Waals surface area contributed by atoms with E-state index in [0.29, 0.717) is 17.4 Å². The maximum absolute atomic E-state index is 5.84. The molecule has 0 amide bonds. The Morgan fingerprint density at radius 1 is 1.39 bits per heavy atom. The topological polar surface area (TPSA) is 82.2 Å². The Labute approximate surface area is 103 Å². The smallest absolute Gasteiger partial charge is 0.243 e. The van der Waals surface area contributed by atoms with Crippen molar-refractivity contribution < 1.29 is 4.52 Å². The summed E-state index contributed by atoms with van der Waals surface area (Å²) in [5, 5.41) is 3.91. The summed E-state index contributed by atoms with van der Waals surface area (Å²) in [6, 6.07) is 5.57. The monoisotopic (exact) mass is 243 g/mol. The number of nitrogens with zero attached hydrogens (tertiary/aromatic N) is 4. The number of imidazole rings is 1. The maximum atomic E-state index is 5.84. The van der Waals surface area contributed by atoms with Crippen molar-refractivity contribution in [2.75, 3.05) is 0 Å². The third-order valence-electron chi connectivity index (χ3n) is 2.79. The minimum absolute atomic E-state index is 0.219. The van der Waals surface area contributed by atoms with Crippen molar-refractivity contribution >= 4 is 5.65 Å². The van der Waals surface area contributed by atoms with Gasteiger partial charge in [0, 0.05) is 12.4 Å². The summed E-state index contributed by atoms with van der Waals surface area (Å²) in [5.74, 6) is 0.919. The molecule has 3 aromatic rings. The van der Waals surface area contributed by atoms with Crippen LogP contribution < -0.4 is 5.73 Å². The molecule has 2 N–H and O–H groups in total. The number of hydrogen-bond donors (Lipinski definition) is 1. The van der Waals surface area contributed by atoms with Crippen LogP contribution in [0.3, 0.4) is 0 Å². The van der Waals surface area contributed by atoms with E-state index in [-0.39, 0.29) is 6.04 Å². The first-order valence-electron chi connectivity index (χ1n) is 5.81. The molecule has 0 saturated heterocycles. The molecule has 0 bridgehead atoms. The van der Waals surface area contributed by atoms with E-state index in [9.17, 15) is 0 Å². The second-order valence-electron chi connectivity index (χ2n) is 4.06. The summed E-state index contributed by atoms with van der Waals surface area (Å²) in [5.41, 5.74) is 7.36. The van der Waals surface area contributed by atoms with Gasteiger partial charge in [0.1, 0.15) is 11.3 Å². The molecule has 92 valence electrons. The highest BCUT2D eigenvalue weighted by molar-refractivity contribution is 5.54. The standard InChI is InChI=1S/C12H13N5O/c1-2-8(13)12-15-11(16-18-12)9-7-17-6-4-3-5-10(17)14-9/h3-8H,2,13H2,1H3. The van der Waals surface area contributed by atoms with E-state index in [0.717, 1.165) is 12.1 Å². The van der Waals surface area contributed by atoms with E-state index in [1.54, 1.807) is 0 Å². The highest BCUT2D eigenvalue weighted by atomic mass is 16.5. The van der Waals surface area contributed by atoms with E-state index in [4.69, 9.17) is 10.3 Å². The Balaban J connectivity index is 2.01. The van der Waals surface area contributed by atoms with Crippen molar-refractivity contribution in [1.29, 1.82) is 0 Å². The van der Waals surface area contributed by atoms with Gasteiger partial charge in [0.25, 0.3) is 0 Å². The number of nitrogens with two attached hydrogens (primary N) is 1. The number of rotatable bonds is 3. The highest BCUT2D eigenvalue weighted by Crippen LogP contribution is 2.18. The van der Waals surface area contributed by atoms with E-state index in [2.05, 4.69) is 15.1 Å². The molecule has 6 nitrogen and oxygen atoms in total. The molecule has 3 aromatic heterocycles. The molecule has 18 heavy (non-hydrogen) atoms. The molecule has 0 spiro atoms. The van der Waals surface area contributed by atoms with Gasteiger partial charge in [-0.25, -0.2) is 4.98 Å². The molecule has 0 fully saturated rings. The Morgan fingerprint density at radius 2 is 2.28 bits per heavy atom. The molecular formula is C12H13N5O. The third-order valence-corrected chi connectivity index (χ3v) is 2.79. The van der Waals surface area contributed by atoms with Crippen molar-refractivity contribution in [3.8, 4) is 11.5 Å². The zero-order valence-corrected chi connectivity index (χ0v) is 9.95. The van der Waals surface area contributed by atoms with Crippen LogP contribution in [0.25, 0.3) is 17.2 Å². The zero-order chi connectivity index (χ0) is 12.5. The van der Waals surface area contributed by atoms with Gasteiger partial charge >= 0.3 is 0 Å². The SMILES string of the molecule is CCC(N)c1nc(-c2cn3ccccc3n2)no1. The lowest BCUT2D eigenvalue weighted by molar-refractivity contribution is 0.352. The van der Waals surface area contributed by atoms with Crippen LogP contribution in [-0.4, -0.2) is 19.5 Å². The largest absolute Gasteiger partial charge is 0.337 e. The molecular weight excluding hydrogens is 230 g/mol. The minimum atomic E-state index is -0.219. The lowest BCUT2D eigenvalue weighted by atomic mass is 10.2. The first kappa shape index (κ1) is 10.9. The Morgan fingerprint density at radius 3 is 3.06 bits per heavy atom. The van der Waals surface area contributed by atoms with Gasteiger partial charge in [0.05, 0.1) is 6.04 Å². The lowest BCUT2D eigenvalue weighted by Gasteiger charge is -1.98. The Kier molecular flexibility index (Phi) is 2.56. The molecule has 0 saturated carbocycles. The molecule has 3 rings (SSSR count). The van der Waals surface area contributed by atoms with E-state index in [1.807, 2.05) is 41.9 Å². The van der Waals surface area contributed by atoms with Gasteiger partial charge in [-0.15, -0.1) is 0 Å². The molecule has 1 atom stereocenters. The molecule has 0 aliphatic carbocycles. The van der Waals surface area contributed by atoms with Gasteiger partial charge in [0.2, 0.25) is 11.7 Å². The van der Waals surface area contributed by atoms with Crippen LogP contribution in [-0.2, 0) is 0 Å². The van der Waals surface area contributed by atoms with Crippen molar-refractivity contribution in [2.45, 2.75) is 19.4 Å². The molecule has 6 heteroatoms. The summed E-state index contributed by atoms with van der Waals surface area (Å²) < 4.78 is 7.04. The molecule has 3 heterocycles. The normalized spacial score (nSPS) is 13.0. The van der Waals surface area contributed by atoms with Gasteiger partial charge in [0.15, 0.2) is 0 Å². The summed E-state index contributed by atoms with van der Waals surface area (Å²) in [4.78, 5) is 8.69. The molecule has 0 aromatic carbocycles. The molecule has 1 unspecified atom stereocenters. The van der Waals surface area contributed by atoms with Crippen LogP contribution in [0, 0.1) is 0 Å². The van der Waals surface area contributed by atoms with Crippen LogP contribution in [0.2, 0.25) is 0 Å². The predicted molar refractivity (Wildman–Crippen MR) is 65.7 cm³/mol. The summed E-state index contributed by atoms with van der Waals surface area (Å²) in [6.07, 6.45) is 4.54. The van der Waals surface area contributed by atoms with Crippen LogP contribution in [0.15, 0.2) is 35.1 Å². The van der Waals surface area contributed by atoms with E-state index < -0.39 is 0 Å². The second-order valence-corrected chi connectivity index (χ2v) is 4.06. The van der Waals surface area contributed by atoms with Gasteiger partial charge in [-0.3, -0.25) is 0 Å². The quantitative estimate of drug-likeness (QED) is 0.758. The predicted octanol–water partition coefficient (Wildman–Crippen LogP) is 1.79. The van der Waals surface area contributed by atoms with Crippen LogP contribution >= 0.6 is 0 Å². The molecule has 0 aliphatic rings. The average molecular weight is 243 g/mol. The van der Waals surface area contributed by atoms with E-state index >= 15 is 0 Å². The second kappa shape index (κ2) is 4.23. The molecule has 0 aliphatic heterocycles. The van der Waals surface area contributed by atoms with Crippen molar-refractivity contribution in [2.24, 2.45) is 5.73 Å². The Hall–Kier alpha value is -2.21. The first-order valence-corrected chi connectivity index (χ1v) is 5.81. The fourth-order valence-corrected chi connectivity index (χ4v) is 1.71. The molecule has 0 radical (unpaired) electrons. The van der Waals surface area contributed by atoms with Gasteiger partial charge in [-0.2, -0.15) is 4.98 Å².